The Morgan fingerprint density at radius 1 is 1.20 bits per heavy atom. The number of pyridine rings is 1. The van der Waals surface area contributed by atoms with Crippen molar-refractivity contribution < 1.29 is 18.8 Å². The number of amides is 1. The Bertz CT molecular complexity index is 834. The average Bonchev–Trinajstić information content (AvgIpc) is 2.92. The molecule has 1 aromatic heterocycles. The van der Waals surface area contributed by atoms with Crippen LogP contribution in [0.15, 0.2) is 16.5 Å². The van der Waals surface area contributed by atoms with Gasteiger partial charge in [-0.25, -0.2) is 9.78 Å². The van der Waals surface area contributed by atoms with Gasteiger partial charge in [-0.15, -0.1) is 0 Å². The van der Waals surface area contributed by atoms with E-state index in [1.807, 2.05) is 53.7 Å². The van der Waals surface area contributed by atoms with E-state index in [-0.39, 0.29) is 11.5 Å². The number of piperidine rings is 1. The van der Waals surface area contributed by atoms with E-state index in [9.17, 15) is 9.35 Å². The minimum absolute atomic E-state index is 0.277. The fourth-order valence-electron chi connectivity index (χ4n) is 3.86. The summed E-state index contributed by atoms with van der Waals surface area (Å²) in [5, 5.41) is 0. The Morgan fingerprint density at radius 3 is 2.37 bits per heavy atom. The lowest BCUT2D eigenvalue weighted by Gasteiger charge is -2.39. The fraction of sp³-hybridized carbons (Fsp3) is 0.682. The summed E-state index contributed by atoms with van der Waals surface area (Å²) < 4.78 is 28.0. The smallest absolute Gasteiger partial charge is 0.410 e. The number of ether oxygens (including phenoxy) is 2. The molecule has 3 rings (SSSR count). The Labute approximate surface area is 182 Å². The molecule has 30 heavy (non-hydrogen) atoms. The van der Waals surface area contributed by atoms with Crippen LogP contribution >= 0.6 is 0 Å². The molecule has 1 amide bonds. The van der Waals surface area contributed by atoms with Crippen LogP contribution in [0.4, 0.5) is 4.79 Å². The molecule has 1 fully saturated rings. The van der Waals surface area contributed by atoms with Crippen molar-refractivity contribution in [1.82, 2.24) is 9.88 Å². The molecule has 0 saturated carbocycles. The fourth-order valence-corrected chi connectivity index (χ4v) is 4.59. The molecule has 1 aliphatic carbocycles. The van der Waals surface area contributed by atoms with Gasteiger partial charge in [0.1, 0.15) is 27.4 Å². The van der Waals surface area contributed by atoms with Crippen LogP contribution in [-0.4, -0.2) is 56.8 Å². The lowest BCUT2D eigenvalue weighted by Crippen LogP contribution is -2.47. The summed E-state index contributed by atoms with van der Waals surface area (Å²) in [6.45, 7) is 12.5. The molecule has 1 aliphatic heterocycles. The molecule has 166 valence electrons. The van der Waals surface area contributed by atoms with Crippen molar-refractivity contribution >= 4 is 23.2 Å². The van der Waals surface area contributed by atoms with Crippen LogP contribution in [-0.2, 0) is 22.5 Å². The maximum absolute atomic E-state index is 12.9. The van der Waals surface area contributed by atoms with E-state index < -0.39 is 21.7 Å². The molecule has 7 nitrogen and oxygen atoms in total. The van der Waals surface area contributed by atoms with E-state index >= 15 is 0 Å². The average molecular weight is 436 g/mol. The van der Waals surface area contributed by atoms with E-state index in [4.69, 9.17) is 13.9 Å². The zero-order chi connectivity index (χ0) is 22.3. The third-order valence-electron chi connectivity index (χ3n) is 5.49. The minimum Gasteiger partial charge on any atom is -0.591 e. The van der Waals surface area contributed by atoms with Gasteiger partial charge in [-0.05, 0) is 60.5 Å². The zero-order valence-corrected chi connectivity index (χ0v) is 19.9. The predicted molar refractivity (Wildman–Crippen MR) is 118 cm³/mol. The van der Waals surface area contributed by atoms with Gasteiger partial charge in [0, 0.05) is 36.6 Å². The predicted octanol–water partition coefficient (Wildman–Crippen LogP) is 3.91. The highest BCUT2D eigenvalue weighted by Crippen LogP contribution is 2.46. The van der Waals surface area contributed by atoms with Crippen molar-refractivity contribution in [2.45, 2.75) is 71.2 Å². The molecular formula is C22H33N3O4S. The Kier molecular flexibility index (Phi) is 6.13. The third kappa shape index (κ3) is 4.75. The number of carbonyl (C=O) groups excluding carboxylic acids is 1. The SMILES string of the molecule is COc1ccc2c(n1)CC1(CCN(C(=O)OC(C)(C)C)CC1)/C2=N/[S@+]([O-])C(C)(C)C. The minimum atomic E-state index is -1.38. The van der Waals surface area contributed by atoms with Gasteiger partial charge >= 0.3 is 6.09 Å². The summed E-state index contributed by atoms with van der Waals surface area (Å²) in [5.41, 5.74) is 1.92. The van der Waals surface area contributed by atoms with Crippen LogP contribution in [0, 0.1) is 5.41 Å². The molecular weight excluding hydrogens is 402 g/mol. The van der Waals surface area contributed by atoms with Crippen LogP contribution in [0.1, 0.15) is 65.6 Å². The van der Waals surface area contributed by atoms with Gasteiger partial charge in [0.2, 0.25) is 5.88 Å². The standard InChI is InChI=1S/C22H33N3O4S/c1-20(2,3)29-19(26)25-12-10-22(11-13-25)14-16-15(8-9-17(23-16)28-7)18(22)24-30(27)21(4,5)6/h8-9H,10-14H2,1-7H3/b24-18+/t30-/m1/s1. The number of hydrogen-bond donors (Lipinski definition) is 0. The van der Waals surface area contributed by atoms with Crippen LogP contribution in [0.2, 0.25) is 0 Å². The monoisotopic (exact) mass is 435 g/mol. The number of nitrogens with zero attached hydrogens (tertiary/aromatic N) is 3. The summed E-state index contributed by atoms with van der Waals surface area (Å²) in [6.07, 6.45) is 1.88. The van der Waals surface area contributed by atoms with Gasteiger partial charge in [0.15, 0.2) is 0 Å². The highest BCUT2D eigenvalue weighted by molar-refractivity contribution is 7.91. The van der Waals surface area contributed by atoms with Crippen LogP contribution in [0.3, 0.4) is 0 Å². The molecule has 0 aromatic carbocycles. The number of aromatic nitrogens is 1. The van der Waals surface area contributed by atoms with E-state index in [1.54, 1.807) is 12.0 Å². The second kappa shape index (κ2) is 8.04. The van der Waals surface area contributed by atoms with E-state index in [1.165, 1.54) is 0 Å². The summed E-state index contributed by atoms with van der Waals surface area (Å²) in [4.78, 5) is 18.9. The number of carbonyl (C=O) groups is 1. The first-order chi connectivity index (χ1) is 13.8. The molecule has 0 unspecified atom stereocenters. The number of methoxy groups -OCH3 is 1. The number of hydrogen-bond acceptors (Lipinski definition) is 6. The topological polar surface area (TPSA) is 87.1 Å². The molecule has 1 spiro atoms. The van der Waals surface area contributed by atoms with Crippen LogP contribution < -0.4 is 4.74 Å². The van der Waals surface area contributed by atoms with Gasteiger partial charge in [0.25, 0.3) is 0 Å². The Balaban J connectivity index is 1.89. The van der Waals surface area contributed by atoms with Crippen molar-refractivity contribution in [2.75, 3.05) is 20.2 Å². The summed E-state index contributed by atoms with van der Waals surface area (Å²) >= 11 is -1.38. The molecule has 2 heterocycles. The molecule has 0 radical (unpaired) electrons. The van der Waals surface area contributed by atoms with Gasteiger partial charge in [-0.1, -0.05) is 4.40 Å². The van der Waals surface area contributed by atoms with Crippen molar-refractivity contribution in [2.24, 2.45) is 9.81 Å². The molecule has 1 saturated heterocycles. The first-order valence-corrected chi connectivity index (χ1v) is 11.5. The molecule has 2 aliphatic rings. The third-order valence-corrected chi connectivity index (χ3v) is 6.89. The highest BCUT2D eigenvalue weighted by atomic mass is 32.2. The second-order valence-corrected chi connectivity index (χ2v) is 12.0. The summed E-state index contributed by atoms with van der Waals surface area (Å²) in [5.74, 6) is 0.563. The second-order valence-electron chi connectivity index (χ2n) is 10.1. The molecule has 1 aromatic rings. The lowest BCUT2D eigenvalue weighted by atomic mass is 9.75. The molecule has 0 N–H and O–H groups in total. The van der Waals surface area contributed by atoms with E-state index in [2.05, 4.69) is 4.98 Å². The number of rotatable bonds is 2. The molecule has 0 bridgehead atoms. The van der Waals surface area contributed by atoms with Crippen LogP contribution in [0.5, 0.6) is 5.88 Å². The maximum Gasteiger partial charge on any atom is 0.410 e. The largest absolute Gasteiger partial charge is 0.591 e. The highest BCUT2D eigenvalue weighted by Gasteiger charge is 2.49. The van der Waals surface area contributed by atoms with Crippen molar-refractivity contribution in [3.8, 4) is 5.88 Å². The quantitative estimate of drug-likeness (QED) is 0.657. The molecule has 8 heteroatoms. The summed E-state index contributed by atoms with van der Waals surface area (Å²) in [7, 11) is 1.60. The van der Waals surface area contributed by atoms with Crippen molar-refractivity contribution in [1.29, 1.82) is 0 Å². The van der Waals surface area contributed by atoms with E-state index in [0.717, 1.165) is 29.8 Å². The van der Waals surface area contributed by atoms with Gasteiger partial charge in [0.05, 0.1) is 12.8 Å². The van der Waals surface area contributed by atoms with E-state index in [0.29, 0.717) is 25.4 Å². The van der Waals surface area contributed by atoms with Gasteiger partial charge in [-0.2, -0.15) is 0 Å². The van der Waals surface area contributed by atoms with Crippen LogP contribution in [0.25, 0.3) is 0 Å². The van der Waals surface area contributed by atoms with Gasteiger partial charge < -0.3 is 18.9 Å². The Morgan fingerprint density at radius 2 is 1.83 bits per heavy atom. The zero-order valence-electron chi connectivity index (χ0n) is 19.1. The normalized spacial score (nSPS) is 20.9. The number of fused-ring (bicyclic) bond motifs is 1. The first-order valence-electron chi connectivity index (χ1n) is 10.4. The van der Waals surface area contributed by atoms with Gasteiger partial charge in [-0.3, -0.25) is 0 Å². The lowest BCUT2D eigenvalue weighted by molar-refractivity contribution is 0.0159. The maximum atomic E-state index is 12.9. The first kappa shape index (κ1) is 22.9. The Hall–Kier alpha value is -1.80. The van der Waals surface area contributed by atoms with Crippen molar-refractivity contribution in [3.63, 3.8) is 0 Å². The number of likely N-dealkylation sites (tertiary alicyclic amines) is 1. The molecule has 1 atom stereocenters. The summed E-state index contributed by atoms with van der Waals surface area (Å²) in [6, 6.07) is 3.79. The van der Waals surface area contributed by atoms with Crippen molar-refractivity contribution in [3.05, 3.63) is 23.4 Å².